The lowest BCUT2D eigenvalue weighted by Gasteiger charge is -2.22. The molecule has 0 saturated carbocycles. The number of benzene rings is 3. The number of nitrogens with one attached hydrogen (secondary N) is 1. The number of rotatable bonds is 9. The van der Waals surface area contributed by atoms with Crippen LogP contribution in [0.1, 0.15) is 29.3 Å². The topological polar surface area (TPSA) is 110 Å². The van der Waals surface area contributed by atoms with Crippen molar-refractivity contribution in [1.29, 1.82) is 0 Å². The van der Waals surface area contributed by atoms with Crippen LogP contribution in [0.5, 0.6) is 0 Å². The van der Waals surface area contributed by atoms with E-state index in [-0.39, 0.29) is 24.3 Å². The Balaban J connectivity index is 1.60. The second-order valence-electron chi connectivity index (χ2n) is 8.70. The second kappa shape index (κ2) is 11.5. The first kappa shape index (κ1) is 26.2. The highest BCUT2D eigenvalue weighted by Gasteiger charge is 2.22. The number of nitro benzene ring substituents is 1. The summed E-state index contributed by atoms with van der Waals surface area (Å²) < 4.78 is 15.0. The summed E-state index contributed by atoms with van der Waals surface area (Å²) in [7, 11) is 0. The molecule has 1 heterocycles. The summed E-state index contributed by atoms with van der Waals surface area (Å²) in [5.74, 6) is -1.02. The summed E-state index contributed by atoms with van der Waals surface area (Å²) in [5, 5.41) is 18.7. The molecule has 0 aliphatic carbocycles. The Morgan fingerprint density at radius 3 is 2.42 bits per heavy atom. The van der Waals surface area contributed by atoms with Gasteiger partial charge in [-0.15, -0.1) is 0 Å². The molecule has 3 aromatic carbocycles. The maximum absolute atomic E-state index is 13.5. The standard InChI is InChI=1S/C28H26FN5O4/c1-3-15-32(28(36)21-10-9-19(2)25(16-21)34(37)38)18-27(35)30-26-17-24(20-7-5-4-6-8-20)31-33(26)23-13-11-22(29)12-14-23/h4-14,16-17H,3,15,18H2,1-2H3,(H,30,35). The second-order valence-corrected chi connectivity index (χ2v) is 8.70. The fourth-order valence-electron chi connectivity index (χ4n) is 4.00. The van der Waals surface area contributed by atoms with Crippen molar-refractivity contribution in [3.8, 4) is 16.9 Å². The van der Waals surface area contributed by atoms with E-state index in [9.17, 15) is 24.1 Å². The van der Waals surface area contributed by atoms with Gasteiger partial charge >= 0.3 is 0 Å². The van der Waals surface area contributed by atoms with E-state index in [0.29, 0.717) is 29.2 Å². The lowest BCUT2D eigenvalue weighted by Crippen LogP contribution is -2.38. The van der Waals surface area contributed by atoms with E-state index < -0.39 is 22.6 Å². The Hall–Kier alpha value is -4.86. The van der Waals surface area contributed by atoms with Crippen LogP contribution in [0.2, 0.25) is 0 Å². The number of hydrogen-bond acceptors (Lipinski definition) is 5. The minimum absolute atomic E-state index is 0.131. The Morgan fingerprint density at radius 1 is 1.05 bits per heavy atom. The quantitative estimate of drug-likeness (QED) is 0.238. The van der Waals surface area contributed by atoms with Crippen molar-refractivity contribution >= 4 is 23.3 Å². The zero-order chi connectivity index (χ0) is 27.2. The summed E-state index contributed by atoms with van der Waals surface area (Å²) in [5.41, 5.74) is 2.37. The summed E-state index contributed by atoms with van der Waals surface area (Å²) >= 11 is 0. The zero-order valence-corrected chi connectivity index (χ0v) is 20.9. The van der Waals surface area contributed by atoms with Gasteiger partial charge in [0.15, 0.2) is 0 Å². The molecule has 10 heteroatoms. The van der Waals surface area contributed by atoms with Crippen molar-refractivity contribution in [3.63, 3.8) is 0 Å². The van der Waals surface area contributed by atoms with Crippen molar-refractivity contribution in [2.45, 2.75) is 20.3 Å². The molecule has 194 valence electrons. The molecule has 9 nitrogen and oxygen atoms in total. The van der Waals surface area contributed by atoms with Gasteiger partial charge in [0.05, 0.1) is 16.3 Å². The number of carbonyl (C=O) groups excluding carboxylic acids is 2. The van der Waals surface area contributed by atoms with Crippen LogP contribution in [0.4, 0.5) is 15.9 Å². The van der Waals surface area contributed by atoms with E-state index >= 15 is 0 Å². The molecular formula is C28H26FN5O4. The van der Waals surface area contributed by atoms with Gasteiger partial charge in [-0.05, 0) is 43.7 Å². The molecule has 0 unspecified atom stereocenters. The van der Waals surface area contributed by atoms with Crippen molar-refractivity contribution in [1.82, 2.24) is 14.7 Å². The third kappa shape index (κ3) is 5.92. The number of amides is 2. The smallest absolute Gasteiger partial charge is 0.273 e. The molecular weight excluding hydrogens is 489 g/mol. The first-order valence-electron chi connectivity index (χ1n) is 12.0. The van der Waals surface area contributed by atoms with E-state index in [2.05, 4.69) is 10.4 Å². The average molecular weight is 516 g/mol. The van der Waals surface area contributed by atoms with Crippen LogP contribution >= 0.6 is 0 Å². The Labute approximate surface area is 218 Å². The first-order valence-corrected chi connectivity index (χ1v) is 12.0. The monoisotopic (exact) mass is 515 g/mol. The number of aromatic nitrogens is 2. The molecule has 4 rings (SSSR count). The molecule has 0 spiro atoms. The van der Waals surface area contributed by atoms with Crippen LogP contribution in [0.25, 0.3) is 16.9 Å². The Morgan fingerprint density at radius 2 is 1.76 bits per heavy atom. The van der Waals surface area contributed by atoms with Gasteiger partial charge < -0.3 is 10.2 Å². The predicted octanol–water partition coefficient (Wildman–Crippen LogP) is 5.39. The van der Waals surface area contributed by atoms with Gasteiger partial charge in [-0.2, -0.15) is 5.10 Å². The number of hydrogen-bond donors (Lipinski definition) is 1. The lowest BCUT2D eigenvalue weighted by molar-refractivity contribution is -0.385. The molecule has 0 saturated heterocycles. The molecule has 0 bridgehead atoms. The maximum atomic E-state index is 13.5. The van der Waals surface area contributed by atoms with E-state index in [4.69, 9.17) is 0 Å². The van der Waals surface area contributed by atoms with Crippen molar-refractivity contribution < 1.29 is 18.9 Å². The summed E-state index contributed by atoms with van der Waals surface area (Å²) in [4.78, 5) is 38.5. The number of nitrogens with zero attached hydrogens (tertiary/aromatic N) is 4. The van der Waals surface area contributed by atoms with Gasteiger partial charge in [0, 0.05) is 35.4 Å². The Bertz CT molecular complexity index is 1470. The average Bonchev–Trinajstić information content (AvgIpc) is 3.32. The highest BCUT2D eigenvalue weighted by Crippen LogP contribution is 2.25. The molecule has 0 atom stereocenters. The molecule has 0 fully saturated rings. The molecule has 4 aromatic rings. The van der Waals surface area contributed by atoms with Gasteiger partial charge in [0.25, 0.3) is 11.6 Å². The predicted molar refractivity (Wildman–Crippen MR) is 142 cm³/mol. The van der Waals surface area contributed by atoms with Crippen LogP contribution in [-0.2, 0) is 4.79 Å². The fraction of sp³-hybridized carbons (Fsp3) is 0.179. The van der Waals surface area contributed by atoms with Crippen molar-refractivity contribution in [2.24, 2.45) is 0 Å². The van der Waals surface area contributed by atoms with E-state index in [1.165, 1.54) is 39.9 Å². The highest BCUT2D eigenvalue weighted by atomic mass is 19.1. The lowest BCUT2D eigenvalue weighted by atomic mass is 10.1. The number of nitro groups is 1. The Kier molecular flexibility index (Phi) is 7.91. The van der Waals surface area contributed by atoms with E-state index in [1.807, 2.05) is 37.3 Å². The molecule has 1 aromatic heterocycles. The van der Waals surface area contributed by atoms with Crippen LogP contribution in [-0.4, -0.2) is 44.5 Å². The first-order chi connectivity index (χ1) is 18.3. The molecule has 0 aliphatic heterocycles. The largest absolute Gasteiger partial charge is 0.329 e. The van der Waals surface area contributed by atoms with Gasteiger partial charge in [-0.3, -0.25) is 19.7 Å². The molecule has 2 amide bonds. The van der Waals surface area contributed by atoms with E-state index in [1.54, 1.807) is 25.1 Å². The maximum Gasteiger partial charge on any atom is 0.273 e. The van der Waals surface area contributed by atoms with Crippen LogP contribution < -0.4 is 5.32 Å². The SMILES string of the molecule is CCCN(CC(=O)Nc1cc(-c2ccccc2)nn1-c1ccc(F)cc1)C(=O)c1ccc(C)c([N+](=O)[O-])c1. The van der Waals surface area contributed by atoms with Crippen LogP contribution in [0.3, 0.4) is 0 Å². The minimum Gasteiger partial charge on any atom is -0.329 e. The number of halogens is 1. The molecule has 0 radical (unpaired) electrons. The van der Waals surface area contributed by atoms with Gasteiger partial charge in [0.1, 0.15) is 18.2 Å². The highest BCUT2D eigenvalue weighted by molar-refractivity contribution is 5.99. The summed E-state index contributed by atoms with van der Waals surface area (Å²) in [6.07, 6.45) is 0.582. The molecule has 0 aliphatic rings. The normalized spacial score (nSPS) is 10.7. The van der Waals surface area contributed by atoms with Crippen molar-refractivity contribution in [2.75, 3.05) is 18.4 Å². The van der Waals surface area contributed by atoms with Crippen LogP contribution in [0, 0.1) is 22.9 Å². The summed E-state index contributed by atoms with van der Waals surface area (Å²) in [6.45, 7) is 3.47. The minimum atomic E-state index is -0.538. The van der Waals surface area contributed by atoms with Crippen molar-refractivity contribution in [3.05, 3.63) is 106 Å². The third-order valence-electron chi connectivity index (χ3n) is 5.89. The van der Waals surface area contributed by atoms with Crippen LogP contribution in [0.15, 0.2) is 78.9 Å². The van der Waals surface area contributed by atoms with Gasteiger partial charge in [0.2, 0.25) is 5.91 Å². The molecule has 1 N–H and O–H groups in total. The zero-order valence-electron chi connectivity index (χ0n) is 20.9. The van der Waals surface area contributed by atoms with Gasteiger partial charge in [-0.1, -0.05) is 43.3 Å². The number of aryl methyl sites for hydroxylation is 1. The third-order valence-corrected chi connectivity index (χ3v) is 5.89. The number of carbonyl (C=O) groups is 2. The fourth-order valence-corrected chi connectivity index (χ4v) is 4.00. The molecule has 38 heavy (non-hydrogen) atoms. The van der Waals surface area contributed by atoms with E-state index in [0.717, 1.165) is 5.56 Å². The van der Waals surface area contributed by atoms with Gasteiger partial charge in [-0.25, -0.2) is 9.07 Å². The number of anilines is 1. The summed E-state index contributed by atoms with van der Waals surface area (Å²) in [6, 6.07) is 21.0.